The summed E-state index contributed by atoms with van der Waals surface area (Å²) in [5.41, 5.74) is 7.41. The van der Waals surface area contributed by atoms with Crippen LogP contribution in [0.3, 0.4) is 0 Å². The van der Waals surface area contributed by atoms with Crippen LogP contribution >= 0.6 is 0 Å². The summed E-state index contributed by atoms with van der Waals surface area (Å²) >= 11 is 0. The Kier molecular flexibility index (Phi) is 3.46. The van der Waals surface area contributed by atoms with Crippen molar-refractivity contribution in [3.63, 3.8) is 0 Å². The van der Waals surface area contributed by atoms with Crippen LogP contribution in [0.2, 0.25) is 0 Å². The first-order valence-electron chi connectivity index (χ1n) is 6.67. The number of nitrogens with two attached hydrogens (primary N) is 1. The van der Waals surface area contributed by atoms with E-state index in [2.05, 4.69) is 5.10 Å². The van der Waals surface area contributed by atoms with E-state index in [0.717, 1.165) is 5.56 Å². The molecule has 7 heteroatoms. The molecule has 0 aliphatic carbocycles. The number of benzene rings is 2. The zero-order valence-electron chi connectivity index (χ0n) is 11.5. The number of rotatable bonds is 3. The topological polar surface area (TPSA) is 84.8 Å². The van der Waals surface area contributed by atoms with Gasteiger partial charge in [-0.25, -0.2) is 4.39 Å². The number of amidine groups is 1. The second-order valence-corrected chi connectivity index (χ2v) is 4.98. The molecule has 0 saturated carbocycles. The molecule has 2 aromatic carbocycles. The van der Waals surface area contributed by atoms with Gasteiger partial charge in [-0.05, 0) is 29.8 Å². The maximum absolute atomic E-state index is 13.1. The average Bonchev–Trinajstić information content (AvgIpc) is 2.90. The molecule has 0 saturated heterocycles. The first-order chi connectivity index (χ1) is 10.5. The minimum atomic E-state index is -0.456. The Labute approximate surface area is 125 Å². The highest BCUT2D eigenvalue weighted by Gasteiger charge is 2.28. The van der Waals surface area contributed by atoms with E-state index < -0.39 is 4.92 Å². The van der Waals surface area contributed by atoms with Crippen LogP contribution in [0.1, 0.15) is 18.0 Å². The highest BCUT2D eigenvalue weighted by Crippen LogP contribution is 2.34. The molecule has 1 atom stereocenters. The summed E-state index contributed by atoms with van der Waals surface area (Å²) in [7, 11) is 0. The zero-order valence-corrected chi connectivity index (χ0v) is 11.5. The number of nitrogens with zero attached hydrogens (tertiary/aromatic N) is 3. The summed E-state index contributed by atoms with van der Waals surface area (Å²) in [4.78, 5) is 10.3. The SMILES string of the molecule is NC1=NN(c2ccc([N+](=O)[O-])cc2)[C@H](c2ccc(F)cc2)C1. The van der Waals surface area contributed by atoms with Gasteiger partial charge in [0.05, 0.1) is 16.7 Å². The number of hydrogen-bond donors (Lipinski definition) is 1. The fourth-order valence-electron chi connectivity index (χ4n) is 2.44. The molecule has 2 aromatic rings. The number of hydrazone groups is 1. The maximum Gasteiger partial charge on any atom is 0.269 e. The Morgan fingerprint density at radius 1 is 1.18 bits per heavy atom. The van der Waals surface area contributed by atoms with Gasteiger partial charge in [-0.1, -0.05) is 12.1 Å². The Hall–Kier alpha value is -2.96. The Morgan fingerprint density at radius 3 is 2.41 bits per heavy atom. The molecule has 22 heavy (non-hydrogen) atoms. The van der Waals surface area contributed by atoms with Crippen molar-refractivity contribution in [1.29, 1.82) is 0 Å². The fraction of sp³-hybridized carbons (Fsp3) is 0.133. The Morgan fingerprint density at radius 2 is 1.82 bits per heavy atom. The van der Waals surface area contributed by atoms with E-state index in [1.807, 2.05) is 0 Å². The van der Waals surface area contributed by atoms with Gasteiger partial charge >= 0.3 is 0 Å². The molecule has 1 aliphatic heterocycles. The lowest BCUT2D eigenvalue weighted by molar-refractivity contribution is -0.384. The van der Waals surface area contributed by atoms with E-state index in [9.17, 15) is 14.5 Å². The summed E-state index contributed by atoms with van der Waals surface area (Å²) in [6, 6.07) is 12.1. The molecule has 6 nitrogen and oxygen atoms in total. The zero-order chi connectivity index (χ0) is 15.7. The molecule has 3 rings (SSSR count). The molecule has 0 radical (unpaired) electrons. The molecule has 1 heterocycles. The van der Waals surface area contributed by atoms with Gasteiger partial charge < -0.3 is 5.73 Å². The van der Waals surface area contributed by atoms with Gasteiger partial charge in [0, 0.05) is 18.6 Å². The predicted octanol–water partition coefficient (Wildman–Crippen LogP) is 2.96. The lowest BCUT2D eigenvalue weighted by atomic mass is 10.0. The van der Waals surface area contributed by atoms with Crippen LogP contribution in [0.5, 0.6) is 0 Å². The minimum Gasteiger partial charge on any atom is -0.386 e. The highest BCUT2D eigenvalue weighted by molar-refractivity contribution is 5.85. The van der Waals surface area contributed by atoms with E-state index >= 15 is 0 Å². The van der Waals surface area contributed by atoms with Gasteiger partial charge in [0.2, 0.25) is 0 Å². The van der Waals surface area contributed by atoms with Gasteiger partial charge in [0.15, 0.2) is 0 Å². The van der Waals surface area contributed by atoms with Crippen molar-refractivity contribution in [3.05, 3.63) is 70.0 Å². The summed E-state index contributed by atoms with van der Waals surface area (Å²) in [5.74, 6) is 0.158. The molecular weight excluding hydrogens is 287 g/mol. The van der Waals surface area contributed by atoms with Crippen LogP contribution in [-0.4, -0.2) is 10.8 Å². The number of hydrogen-bond acceptors (Lipinski definition) is 5. The molecule has 0 fully saturated rings. The van der Waals surface area contributed by atoms with E-state index in [0.29, 0.717) is 17.9 Å². The lowest BCUT2D eigenvalue weighted by Crippen LogP contribution is -2.18. The molecule has 2 N–H and O–H groups in total. The molecular formula is C15H13FN4O2. The summed E-state index contributed by atoms with van der Waals surface area (Å²) in [6.45, 7) is 0. The molecule has 0 bridgehead atoms. The highest BCUT2D eigenvalue weighted by atomic mass is 19.1. The molecule has 0 amide bonds. The van der Waals surface area contributed by atoms with E-state index in [1.165, 1.54) is 24.3 Å². The second kappa shape index (κ2) is 5.44. The maximum atomic E-state index is 13.1. The number of nitro benzene ring substituents is 1. The second-order valence-electron chi connectivity index (χ2n) is 4.98. The van der Waals surface area contributed by atoms with Crippen molar-refractivity contribution in [2.75, 3.05) is 5.01 Å². The Bertz CT molecular complexity index is 728. The average molecular weight is 300 g/mol. The van der Waals surface area contributed by atoms with Crippen molar-refractivity contribution in [2.24, 2.45) is 10.8 Å². The van der Waals surface area contributed by atoms with E-state index in [1.54, 1.807) is 29.3 Å². The molecule has 1 aliphatic rings. The quantitative estimate of drug-likeness (QED) is 0.697. The number of nitro groups is 1. The van der Waals surface area contributed by atoms with Crippen LogP contribution in [0.4, 0.5) is 15.8 Å². The van der Waals surface area contributed by atoms with Crippen LogP contribution in [0, 0.1) is 15.9 Å². The van der Waals surface area contributed by atoms with Crippen molar-refractivity contribution >= 4 is 17.2 Å². The standard InChI is InChI=1S/C15H13FN4O2/c16-11-3-1-10(2-4-11)14-9-15(17)18-19(14)12-5-7-13(8-6-12)20(21)22/h1-8,14H,9H2,(H2,17,18)/t14-/m0/s1. The third-order valence-corrected chi connectivity index (χ3v) is 3.51. The molecule has 0 spiro atoms. The van der Waals surface area contributed by atoms with Gasteiger partial charge in [-0.15, -0.1) is 0 Å². The lowest BCUT2D eigenvalue weighted by Gasteiger charge is -2.23. The van der Waals surface area contributed by atoms with E-state index in [-0.39, 0.29) is 17.5 Å². The van der Waals surface area contributed by atoms with E-state index in [4.69, 9.17) is 5.73 Å². The summed E-state index contributed by atoms with van der Waals surface area (Å²) in [6.07, 6.45) is 0.516. The monoisotopic (exact) mass is 300 g/mol. The summed E-state index contributed by atoms with van der Waals surface area (Å²) < 4.78 is 13.1. The van der Waals surface area contributed by atoms with Crippen LogP contribution in [0.25, 0.3) is 0 Å². The molecule has 112 valence electrons. The molecule has 0 aromatic heterocycles. The predicted molar refractivity (Wildman–Crippen MR) is 81.0 cm³/mol. The van der Waals surface area contributed by atoms with Crippen LogP contribution < -0.4 is 10.7 Å². The Balaban J connectivity index is 1.92. The number of non-ortho nitro benzene ring substituents is 1. The van der Waals surface area contributed by atoms with Crippen molar-refractivity contribution in [2.45, 2.75) is 12.5 Å². The van der Waals surface area contributed by atoms with Gasteiger partial charge in [-0.3, -0.25) is 15.1 Å². The number of halogens is 1. The normalized spacial score (nSPS) is 17.4. The third kappa shape index (κ3) is 2.60. The first kappa shape index (κ1) is 14.0. The van der Waals surface area contributed by atoms with Gasteiger partial charge in [0.25, 0.3) is 5.69 Å². The molecule has 0 unspecified atom stereocenters. The fourth-order valence-corrected chi connectivity index (χ4v) is 2.44. The van der Waals surface area contributed by atoms with Crippen molar-refractivity contribution in [1.82, 2.24) is 0 Å². The van der Waals surface area contributed by atoms with Crippen molar-refractivity contribution in [3.8, 4) is 0 Å². The number of anilines is 1. The van der Waals surface area contributed by atoms with Crippen LogP contribution in [0.15, 0.2) is 53.6 Å². The van der Waals surface area contributed by atoms with Gasteiger partial charge in [0.1, 0.15) is 11.7 Å². The first-order valence-corrected chi connectivity index (χ1v) is 6.67. The van der Waals surface area contributed by atoms with Crippen molar-refractivity contribution < 1.29 is 9.31 Å². The summed E-state index contributed by atoms with van der Waals surface area (Å²) in [5, 5.41) is 16.7. The largest absolute Gasteiger partial charge is 0.386 e. The van der Waals surface area contributed by atoms with Crippen LogP contribution in [-0.2, 0) is 0 Å². The van der Waals surface area contributed by atoms with Gasteiger partial charge in [-0.2, -0.15) is 5.10 Å². The smallest absolute Gasteiger partial charge is 0.269 e. The third-order valence-electron chi connectivity index (χ3n) is 3.51. The minimum absolute atomic E-state index is 0.0123.